The summed E-state index contributed by atoms with van der Waals surface area (Å²) in [7, 11) is 0. The van der Waals surface area contributed by atoms with E-state index in [1.165, 1.54) is 13.0 Å². The molecule has 0 unspecified atom stereocenters. The van der Waals surface area contributed by atoms with Crippen molar-refractivity contribution < 1.29 is 27.8 Å². The summed E-state index contributed by atoms with van der Waals surface area (Å²) in [5.41, 5.74) is -2.85. The van der Waals surface area contributed by atoms with Crippen molar-refractivity contribution in [2.45, 2.75) is 31.2 Å². The number of ether oxygens (including phenoxy) is 1. The maximum Gasteiger partial charge on any atom is 0.419 e. The van der Waals surface area contributed by atoms with E-state index in [0.717, 1.165) is 4.90 Å². The van der Waals surface area contributed by atoms with E-state index in [1.54, 1.807) is 18.2 Å². The second-order valence-electron chi connectivity index (χ2n) is 5.26. The Labute approximate surface area is 130 Å². The van der Waals surface area contributed by atoms with Crippen LogP contribution in [0.25, 0.3) is 0 Å². The zero-order valence-corrected chi connectivity index (χ0v) is 12.5. The predicted molar refractivity (Wildman–Crippen MR) is 73.7 cm³/mol. The Morgan fingerprint density at radius 1 is 1.50 bits per heavy atom. The molecule has 22 heavy (non-hydrogen) atoms. The molecule has 4 nitrogen and oxygen atoms in total. The van der Waals surface area contributed by atoms with Crippen LogP contribution in [-0.2, 0) is 4.79 Å². The maximum absolute atomic E-state index is 12.7. The molecule has 1 heterocycles. The van der Waals surface area contributed by atoms with Gasteiger partial charge < -0.3 is 14.7 Å². The molecule has 1 aliphatic heterocycles. The molecule has 1 aromatic rings. The first-order chi connectivity index (χ1) is 10.1. The molecule has 1 N–H and O–H groups in total. The molecular formula is C14H15ClF3NO3. The largest absolute Gasteiger partial charge is 0.481 e. The molecule has 1 fully saturated rings. The number of amides is 1. The highest BCUT2D eigenvalue weighted by atomic mass is 35.5. The van der Waals surface area contributed by atoms with Crippen LogP contribution in [-0.4, -0.2) is 46.9 Å². The Kier molecular flexibility index (Phi) is 4.58. The van der Waals surface area contributed by atoms with E-state index in [0.29, 0.717) is 10.8 Å². The summed E-state index contributed by atoms with van der Waals surface area (Å²) in [5.74, 6) is -0.265. The van der Waals surface area contributed by atoms with Crippen molar-refractivity contribution in [3.05, 3.63) is 29.3 Å². The van der Waals surface area contributed by atoms with Crippen LogP contribution in [0, 0.1) is 0 Å². The van der Waals surface area contributed by atoms with Gasteiger partial charge in [-0.15, -0.1) is 0 Å². The molecule has 2 rings (SSSR count). The fourth-order valence-electron chi connectivity index (χ4n) is 2.27. The van der Waals surface area contributed by atoms with Gasteiger partial charge in [0.1, 0.15) is 5.75 Å². The number of hydrogen-bond donors (Lipinski definition) is 1. The molecule has 122 valence electrons. The number of likely N-dealkylation sites (tertiary alicyclic amines) is 1. The van der Waals surface area contributed by atoms with Gasteiger partial charge in [-0.1, -0.05) is 17.7 Å². The Balaban J connectivity index is 2.00. The van der Waals surface area contributed by atoms with Crippen molar-refractivity contribution >= 4 is 17.5 Å². The van der Waals surface area contributed by atoms with Crippen LogP contribution in [0.2, 0.25) is 5.02 Å². The van der Waals surface area contributed by atoms with Crippen molar-refractivity contribution in [2.24, 2.45) is 0 Å². The van der Waals surface area contributed by atoms with E-state index in [-0.39, 0.29) is 6.54 Å². The van der Waals surface area contributed by atoms with Crippen LogP contribution in [0.4, 0.5) is 13.2 Å². The van der Waals surface area contributed by atoms with Crippen molar-refractivity contribution in [2.75, 3.05) is 13.1 Å². The summed E-state index contributed by atoms with van der Waals surface area (Å²) in [6.07, 6.45) is -6.28. The molecule has 2 atom stereocenters. The molecule has 0 spiro atoms. The lowest BCUT2D eigenvalue weighted by Crippen LogP contribution is -2.49. The third kappa shape index (κ3) is 3.47. The first-order valence-electron chi connectivity index (χ1n) is 6.62. The van der Waals surface area contributed by atoms with E-state index in [4.69, 9.17) is 16.3 Å². The summed E-state index contributed by atoms with van der Waals surface area (Å²) in [6.45, 7) is 0.491. The molecule has 0 saturated carbocycles. The summed E-state index contributed by atoms with van der Waals surface area (Å²) < 4.78 is 43.6. The van der Waals surface area contributed by atoms with Crippen LogP contribution in [0.3, 0.4) is 0 Å². The van der Waals surface area contributed by atoms with Gasteiger partial charge in [0.05, 0.1) is 6.54 Å². The highest BCUT2D eigenvalue weighted by molar-refractivity contribution is 6.30. The quantitative estimate of drug-likeness (QED) is 0.922. The van der Waals surface area contributed by atoms with Gasteiger partial charge in [-0.3, -0.25) is 4.79 Å². The topological polar surface area (TPSA) is 49.8 Å². The van der Waals surface area contributed by atoms with Gasteiger partial charge in [0, 0.05) is 18.0 Å². The van der Waals surface area contributed by atoms with E-state index >= 15 is 0 Å². The van der Waals surface area contributed by atoms with Crippen LogP contribution < -0.4 is 4.74 Å². The van der Waals surface area contributed by atoms with Gasteiger partial charge in [-0.25, -0.2) is 0 Å². The van der Waals surface area contributed by atoms with E-state index in [1.807, 2.05) is 0 Å². The smallest absolute Gasteiger partial charge is 0.419 e. The molecule has 1 saturated heterocycles. The van der Waals surface area contributed by atoms with Gasteiger partial charge in [0.2, 0.25) is 0 Å². The number of benzene rings is 1. The fourth-order valence-corrected chi connectivity index (χ4v) is 2.45. The molecule has 0 aromatic heterocycles. The molecule has 1 amide bonds. The predicted octanol–water partition coefficient (Wildman–Crippen LogP) is 2.63. The normalized spacial score (nSPS) is 23.5. The van der Waals surface area contributed by atoms with Crippen LogP contribution in [0.15, 0.2) is 24.3 Å². The first kappa shape index (κ1) is 16.9. The number of rotatable bonds is 3. The lowest BCUT2D eigenvalue weighted by Gasteiger charge is -2.27. The lowest BCUT2D eigenvalue weighted by molar-refractivity contribution is -0.253. The van der Waals surface area contributed by atoms with Gasteiger partial charge in [0.15, 0.2) is 11.7 Å². The third-order valence-corrected chi connectivity index (χ3v) is 3.78. The van der Waals surface area contributed by atoms with Gasteiger partial charge in [-0.2, -0.15) is 13.2 Å². The van der Waals surface area contributed by atoms with Crippen molar-refractivity contribution in [1.29, 1.82) is 0 Å². The average molecular weight is 338 g/mol. The van der Waals surface area contributed by atoms with E-state index in [2.05, 4.69) is 0 Å². The molecule has 1 aromatic carbocycles. The number of carbonyl (C=O) groups is 1. The molecule has 8 heteroatoms. The SMILES string of the molecule is C[C@@H](Oc1cccc(Cl)c1)C(=O)N1CC[C@@](O)(C(F)(F)F)C1. The Bertz CT molecular complexity index is 567. The summed E-state index contributed by atoms with van der Waals surface area (Å²) in [5, 5.41) is 10.00. The monoisotopic (exact) mass is 337 g/mol. The van der Waals surface area contributed by atoms with Crippen molar-refractivity contribution in [1.82, 2.24) is 4.90 Å². The second kappa shape index (κ2) is 5.96. The third-order valence-electron chi connectivity index (χ3n) is 3.54. The summed E-state index contributed by atoms with van der Waals surface area (Å²) in [4.78, 5) is 13.1. The summed E-state index contributed by atoms with van der Waals surface area (Å²) >= 11 is 5.79. The number of nitrogens with zero attached hydrogens (tertiary/aromatic N) is 1. The van der Waals surface area contributed by atoms with Gasteiger partial charge in [-0.05, 0) is 25.1 Å². The number of β-amino-alcohol motifs (C(OH)–C–C–N with tert-alkyl or cyclic N) is 1. The molecule has 0 aliphatic carbocycles. The van der Waals surface area contributed by atoms with Crippen LogP contribution >= 0.6 is 11.6 Å². The molecular weight excluding hydrogens is 323 g/mol. The van der Waals surface area contributed by atoms with E-state index < -0.39 is 36.8 Å². The number of aliphatic hydroxyl groups is 1. The highest BCUT2D eigenvalue weighted by Gasteiger charge is 2.58. The number of hydrogen-bond acceptors (Lipinski definition) is 3. The van der Waals surface area contributed by atoms with Crippen molar-refractivity contribution in [3.63, 3.8) is 0 Å². The van der Waals surface area contributed by atoms with Crippen LogP contribution in [0.1, 0.15) is 13.3 Å². The second-order valence-corrected chi connectivity index (χ2v) is 5.69. The summed E-state index contributed by atoms with van der Waals surface area (Å²) in [6, 6.07) is 6.35. The fraction of sp³-hybridized carbons (Fsp3) is 0.500. The van der Waals surface area contributed by atoms with Gasteiger partial charge >= 0.3 is 6.18 Å². The average Bonchev–Trinajstić information content (AvgIpc) is 2.81. The Hall–Kier alpha value is -1.47. The maximum atomic E-state index is 12.7. The highest BCUT2D eigenvalue weighted by Crippen LogP contribution is 2.37. The first-order valence-corrected chi connectivity index (χ1v) is 7.00. The van der Waals surface area contributed by atoms with Crippen LogP contribution in [0.5, 0.6) is 5.75 Å². The Morgan fingerprint density at radius 3 is 2.73 bits per heavy atom. The lowest BCUT2D eigenvalue weighted by atomic mass is 10.0. The number of halogens is 4. The zero-order valence-electron chi connectivity index (χ0n) is 11.7. The molecule has 0 bridgehead atoms. The Morgan fingerprint density at radius 2 is 2.18 bits per heavy atom. The number of alkyl halides is 3. The van der Waals surface area contributed by atoms with Gasteiger partial charge in [0.25, 0.3) is 5.91 Å². The standard InChI is InChI=1S/C14H15ClF3NO3/c1-9(22-11-4-2-3-10(15)7-11)12(20)19-6-5-13(21,8-19)14(16,17)18/h2-4,7,9,21H,5-6,8H2,1H3/t9-,13+/m1/s1. The van der Waals surface area contributed by atoms with E-state index in [9.17, 15) is 23.1 Å². The minimum absolute atomic E-state index is 0.169. The minimum atomic E-state index is -4.76. The zero-order chi connectivity index (χ0) is 16.5. The minimum Gasteiger partial charge on any atom is -0.481 e. The molecule has 0 radical (unpaired) electrons. The molecule has 1 aliphatic rings. The van der Waals surface area contributed by atoms with Crippen molar-refractivity contribution in [3.8, 4) is 5.75 Å². The number of carbonyl (C=O) groups excluding carboxylic acids is 1.